The maximum Gasteiger partial charge on any atom is 0.0575 e. The lowest BCUT2D eigenvalue weighted by molar-refractivity contribution is 0.0510. The highest BCUT2D eigenvalue weighted by Gasteiger charge is 2.22. The highest BCUT2D eigenvalue weighted by atomic mass is 16.5. The molecule has 1 heteroatoms. The largest absolute Gasteiger partial charge is 0.378 e. The van der Waals surface area contributed by atoms with E-state index >= 15 is 0 Å². The fourth-order valence-electron chi connectivity index (χ4n) is 2.16. The van der Waals surface area contributed by atoms with Gasteiger partial charge < -0.3 is 4.74 Å². The fourth-order valence-corrected chi connectivity index (χ4v) is 2.16. The molecule has 0 amide bonds. The van der Waals surface area contributed by atoms with Gasteiger partial charge in [-0.25, -0.2) is 0 Å². The molecule has 10 heavy (non-hydrogen) atoms. The van der Waals surface area contributed by atoms with E-state index < -0.39 is 0 Å². The standard InChI is InChI=1S/C9H16O/c1-3-8-4-2-6-9(5-1)10-7-8/h8-9H,1-7H2. The van der Waals surface area contributed by atoms with Crippen molar-refractivity contribution in [1.82, 2.24) is 0 Å². The van der Waals surface area contributed by atoms with Gasteiger partial charge in [0.05, 0.1) is 6.10 Å². The fraction of sp³-hybridized carbons (Fsp3) is 1.00. The van der Waals surface area contributed by atoms with Gasteiger partial charge in [-0.3, -0.25) is 0 Å². The van der Waals surface area contributed by atoms with Crippen molar-refractivity contribution in [3.8, 4) is 0 Å². The lowest BCUT2D eigenvalue weighted by atomic mass is 9.93. The van der Waals surface area contributed by atoms with Crippen LogP contribution in [-0.2, 0) is 4.74 Å². The van der Waals surface area contributed by atoms with Crippen LogP contribution in [0.1, 0.15) is 38.5 Å². The van der Waals surface area contributed by atoms with E-state index in [0.717, 1.165) is 12.5 Å². The second-order valence-electron chi connectivity index (χ2n) is 3.68. The summed E-state index contributed by atoms with van der Waals surface area (Å²) in [6.45, 7) is 1.06. The first kappa shape index (κ1) is 6.66. The molecule has 2 saturated heterocycles. The first-order chi connectivity index (χ1) is 4.95. The molecule has 2 aliphatic rings. The smallest absolute Gasteiger partial charge is 0.0575 e. The molecular weight excluding hydrogens is 124 g/mol. The molecule has 0 spiro atoms. The van der Waals surface area contributed by atoms with Crippen LogP contribution in [0.15, 0.2) is 0 Å². The zero-order chi connectivity index (χ0) is 6.81. The van der Waals surface area contributed by atoms with Crippen molar-refractivity contribution in [1.29, 1.82) is 0 Å². The SMILES string of the molecule is C1CC2CCCC(C1)OC2. The van der Waals surface area contributed by atoms with Crippen LogP contribution in [0.25, 0.3) is 0 Å². The third kappa shape index (κ3) is 1.34. The Morgan fingerprint density at radius 2 is 1.60 bits per heavy atom. The van der Waals surface area contributed by atoms with Gasteiger partial charge in [0.2, 0.25) is 0 Å². The summed E-state index contributed by atoms with van der Waals surface area (Å²) in [6.07, 6.45) is 8.97. The molecule has 0 radical (unpaired) electrons. The molecule has 2 aliphatic heterocycles. The number of fused-ring (bicyclic) bond motifs is 3. The van der Waals surface area contributed by atoms with Crippen molar-refractivity contribution >= 4 is 0 Å². The molecule has 2 fully saturated rings. The normalized spacial score (nSPS) is 40.8. The van der Waals surface area contributed by atoms with Gasteiger partial charge in [0.1, 0.15) is 0 Å². The molecule has 0 aromatic carbocycles. The Bertz CT molecular complexity index is 89.3. The van der Waals surface area contributed by atoms with E-state index in [1.165, 1.54) is 38.5 Å². The lowest BCUT2D eigenvalue weighted by Crippen LogP contribution is -2.09. The summed E-state index contributed by atoms with van der Waals surface area (Å²) in [7, 11) is 0. The number of hydrogen-bond donors (Lipinski definition) is 0. The van der Waals surface area contributed by atoms with Crippen LogP contribution in [0.4, 0.5) is 0 Å². The summed E-state index contributed by atoms with van der Waals surface area (Å²) in [6, 6.07) is 0. The van der Waals surface area contributed by atoms with Crippen molar-refractivity contribution in [3.63, 3.8) is 0 Å². The molecule has 58 valence electrons. The molecule has 0 aromatic heterocycles. The van der Waals surface area contributed by atoms with Crippen LogP contribution in [0.2, 0.25) is 0 Å². The molecule has 0 unspecified atom stereocenters. The number of hydrogen-bond acceptors (Lipinski definition) is 1. The molecular formula is C9H16O. The van der Waals surface area contributed by atoms with Crippen molar-refractivity contribution in [2.24, 2.45) is 5.92 Å². The number of rotatable bonds is 0. The lowest BCUT2D eigenvalue weighted by Gasteiger charge is -2.12. The Morgan fingerprint density at radius 1 is 0.900 bits per heavy atom. The van der Waals surface area contributed by atoms with Gasteiger partial charge in [-0.15, -0.1) is 0 Å². The van der Waals surface area contributed by atoms with Gasteiger partial charge in [0.25, 0.3) is 0 Å². The van der Waals surface area contributed by atoms with E-state index in [-0.39, 0.29) is 0 Å². The van der Waals surface area contributed by atoms with Gasteiger partial charge in [-0.05, 0) is 31.6 Å². The first-order valence-corrected chi connectivity index (χ1v) is 4.57. The second kappa shape index (κ2) is 2.91. The first-order valence-electron chi connectivity index (χ1n) is 4.57. The maximum atomic E-state index is 5.73. The Morgan fingerprint density at radius 3 is 2.30 bits per heavy atom. The van der Waals surface area contributed by atoms with Gasteiger partial charge in [-0.2, -0.15) is 0 Å². The molecule has 0 aliphatic carbocycles. The van der Waals surface area contributed by atoms with Crippen molar-refractivity contribution in [3.05, 3.63) is 0 Å². The Balaban J connectivity index is 2.01. The predicted octanol–water partition coefficient (Wildman–Crippen LogP) is 2.36. The monoisotopic (exact) mass is 140 g/mol. The zero-order valence-corrected chi connectivity index (χ0v) is 6.51. The van der Waals surface area contributed by atoms with E-state index in [0.29, 0.717) is 6.10 Å². The predicted molar refractivity (Wildman–Crippen MR) is 40.9 cm³/mol. The summed E-state index contributed by atoms with van der Waals surface area (Å²) < 4.78 is 5.73. The minimum absolute atomic E-state index is 0.632. The molecule has 2 heterocycles. The van der Waals surface area contributed by atoms with E-state index in [4.69, 9.17) is 4.74 Å². The highest BCUT2D eigenvalue weighted by Crippen LogP contribution is 2.29. The van der Waals surface area contributed by atoms with Crippen molar-refractivity contribution in [2.45, 2.75) is 44.6 Å². The molecule has 0 N–H and O–H groups in total. The zero-order valence-electron chi connectivity index (χ0n) is 6.51. The van der Waals surface area contributed by atoms with Crippen LogP contribution in [0.5, 0.6) is 0 Å². The van der Waals surface area contributed by atoms with Gasteiger partial charge in [0.15, 0.2) is 0 Å². The van der Waals surface area contributed by atoms with Gasteiger partial charge in [-0.1, -0.05) is 12.8 Å². The Hall–Kier alpha value is -0.0400. The quantitative estimate of drug-likeness (QED) is 0.502. The average Bonchev–Trinajstić information content (AvgIpc) is 2.17. The average molecular weight is 140 g/mol. The van der Waals surface area contributed by atoms with E-state index in [1.807, 2.05) is 0 Å². The summed E-state index contributed by atoms with van der Waals surface area (Å²) >= 11 is 0. The third-order valence-corrected chi connectivity index (χ3v) is 2.84. The van der Waals surface area contributed by atoms with E-state index in [1.54, 1.807) is 0 Å². The van der Waals surface area contributed by atoms with Gasteiger partial charge >= 0.3 is 0 Å². The summed E-state index contributed by atoms with van der Waals surface area (Å²) in [5.74, 6) is 0.910. The molecule has 0 saturated carbocycles. The van der Waals surface area contributed by atoms with Crippen LogP contribution >= 0.6 is 0 Å². The van der Waals surface area contributed by atoms with Crippen LogP contribution in [-0.4, -0.2) is 12.7 Å². The van der Waals surface area contributed by atoms with E-state index in [2.05, 4.69) is 0 Å². The number of ether oxygens (including phenoxy) is 1. The topological polar surface area (TPSA) is 9.23 Å². The van der Waals surface area contributed by atoms with Crippen molar-refractivity contribution in [2.75, 3.05) is 6.61 Å². The molecule has 0 aromatic rings. The summed E-state index contributed by atoms with van der Waals surface area (Å²) in [4.78, 5) is 0. The van der Waals surface area contributed by atoms with Crippen molar-refractivity contribution < 1.29 is 4.74 Å². The second-order valence-corrected chi connectivity index (χ2v) is 3.68. The summed E-state index contributed by atoms with van der Waals surface area (Å²) in [5, 5.41) is 0. The molecule has 2 rings (SSSR count). The Kier molecular flexibility index (Phi) is 1.94. The Labute approximate surface area is 62.8 Å². The highest BCUT2D eigenvalue weighted by molar-refractivity contribution is 4.73. The third-order valence-electron chi connectivity index (χ3n) is 2.84. The minimum atomic E-state index is 0.632. The minimum Gasteiger partial charge on any atom is -0.378 e. The van der Waals surface area contributed by atoms with Crippen LogP contribution < -0.4 is 0 Å². The van der Waals surface area contributed by atoms with Crippen LogP contribution in [0, 0.1) is 5.92 Å². The molecule has 1 nitrogen and oxygen atoms in total. The molecule has 2 bridgehead atoms. The maximum absolute atomic E-state index is 5.73. The molecule has 0 atom stereocenters. The van der Waals surface area contributed by atoms with Crippen LogP contribution in [0.3, 0.4) is 0 Å². The summed E-state index contributed by atoms with van der Waals surface area (Å²) in [5.41, 5.74) is 0. The van der Waals surface area contributed by atoms with Gasteiger partial charge in [0, 0.05) is 6.61 Å². The van der Waals surface area contributed by atoms with E-state index in [9.17, 15) is 0 Å².